The van der Waals surface area contributed by atoms with Gasteiger partial charge in [-0.1, -0.05) is 40.7 Å². The predicted octanol–water partition coefficient (Wildman–Crippen LogP) is 4.51. The molecule has 160 valence electrons. The summed E-state index contributed by atoms with van der Waals surface area (Å²) in [5.74, 6) is -1.25. The number of carbonyl (C=O) groups is 2. The number of carbonyl (C=O) groups excluding carboxylic acids is 2. The average molecular weight is 487 g/mol. The maximum atomic E-state index is 13.2. The van der Waals surface area contributed by atoms with Gasteiger partial charge in [-0.15, -0.1) is 0 Å². The standard InChI is InChI=1S/C23H19BrO7/c1-3-11-29-19(25)13-30-16-9-10-17-18(12-16)31-22(23(27)28-4-2)20(21(17)26)14-5-7-15(24)8-6-14/h3,5-10,12H,1,4,11,13H2,2H3. The largest absolute Gasteiger partial charge is 0.482 e. The minimum atomic E-state index is -0.751. The SMILES string of the molecule is C=CCOC(=O)COc1ccc2c(=O)c(-c3ccc(Br)cc3)c(C(=O)OCC)oc2c1. The van der Waals surface area contributed by atoms with E-state index in [-0.39, 0.29) is 53.3 Å². The Morgan fingerprint density at radius 1 is 1.13 bits per heavy atom. The first-order valence-corrected chi connectivity index (χ1v) is 10.2. The summed E-state index contributed by atoms with van der Waals surface area (Å²) in [5, 5.41) is 0.257. The first-order chi connectivity index (χ1) is 14.9. The van der Waals surface area contributed by atoms with Crippen LogP contribution in [0.3, 0.4) is 0 Å². The summed E-state index contributed by atoms with van der Waals surface area (Å²) in [7, 11) is 0. The van der Waals surface area contributed by atoms with Gasteiger partial charge in [0.1, 0.15) is 17.9 Å². The smallest absolute Gasteiger partial charge is 0.375 e. The molecule has 0 spiro atoms. The van der Waals surface area contributed by atoms with E-state index in [2.05, 4.69) is 22.5 Å². The molecule has 0 N–H and O–H groups in total. The molecule has 3 aromatic rings. The van der Waals surface area contributed by atoms with Crippen LogP contribution in [0.1, 0.15) is 17.5 Å². The highest BCUT2D eigenvalue weighted by atomic mass is 79.9. The molecule has 0 atom stereocenters. The van der Waals surface area contributed by atoms with Gasteiger partial charge in [0.05, 0.1) is 17.6 Å². The lowest BCUT2D eigenvalue weighted by Crippen LogP contribution is -2.16. The molecule has 0 bridgehead atoms. The molecule has 0 fully saturated rings. The van der Waals surface area contributed by atoms with Crippen LogP contribution in [0.2, 0.25) is 0 Å². The molecule has 0 saturated carbocycles. The Hall–Kier alpha value is -3.39. The van der Waals surface area contributed by atoms with Crippen molar-refractivity contribution in [2.45, 2.75) is 6.92 Å². The average Bonchev–Trinajstić information content (AvgIpc) is 2.77. The van der Waals surface area contributed by atoms with E-state index in [0.717, 1.165) is 4.47 Å². The molecule has 0 unspecified atom stereocenters. The molecular weight excluding hydrogens is 468 g/mol. The Balaban J connectivity index is 2.05. The topological polar surface area (TPSA) is 92.0 Å². The maximum absolute atomic E-state index is 13.2. The molecule has 3 rings (SSSR count). The van der Waals surface area contributed by atoms with Crippen molar-refractivity contribution in [1.29, 1.82) is 0 Å². The van der Waals surface area contributed by atoms with E-state index >= 15 is 0 Å². The summed E-state index contributed by atoms with van der Waals surface area (Å²) in [5.41, 5.74) is 0.377. The summed E-state index contributed by atoms with van der Waals surface area (Å²) < 4.78 is 21.9. The first-order valence-electron chi connectivity index (χ1n) is 9.37. The van der Waals surface area contributed by atoms with Gasteiger partial charge in [-0.05, 0) is 36.8 Å². The molecule has 0 amide bonds. The van der Waals surface area contributed by atoms with Crippen LogP contribution in [0, 0.1) is 0 Å². The van der Waals surface area contributed by atoms with Crippen molar-refractivity contribution < 1.29 is 28.2 Å². The summed E-state index contributed by atoms with van der Waals surface area (Å²) in [6, 6.07) is 11.4. The number of esters is 2. The second kappa shape index (κ2) is 10.1. The van der Waals surface area contributed by atoms with Gasteiger partial charge in [0.25, 0.3) is 0 Å². The molecule has 0 aliphatic heterocycles. The van der Waals surface area contributed by atoms with Crippen LogP contribution in [0.4, 0.5) is 0 Å². The number of halogens is 1. The van der Waals surface area contributed by atoms with Gasteiger partial charge in [-0.2, -0.15) is 0 Å². The van der Waals surface area contributed by atoms with Crippen molar-refractivity contribution in [2.75, 3.05) is 19.8 Å². The van der Waals surface area contributed by atoms with E-state index in [1.54, 1.807) is 31.2 Å². The van der Waals surface area contributed by atoms with E-state index in [1.807, 2.05) is 0 Å². The summed E-state index contributed by atoms with van der Waals surface area (Å²) in [6.07, 6.45) is 1.45. The Labute approximate surface area is 186 Å². The molecule has 0 aliphatic rings. The predicted molar refractivity (Wildman–Crippen MR) is 118 cm³/mol. The highest BCUT2D eigenvalue weighted by Gasteiger charge is 2.23. The zero-order valence-electron chi connectivity index (χ0n) is 16.7. The summed E-state index contributed by atoms with van der Waals surface area (Å²) in [6.45, 7) is 5.00. The molecule has 0 saturated heterocycles. The van der Waals surface area contributed by atoms with Crippen molar-refractivity contribution in [3.63, 3.8) is 0 Å². The summed E-state index contributed by atoms with van der Waals surface area (Å²) in [4.78, 5) is 37.4. The van der Waals surface area contributed by atoms with Gasteiger partial charge in [0.2, 0.25) is 11.2 Å². The zero-order valence-corrected chi connectivity index (χ0v) is 18.3. The van der Waals surface area contributed by atoms with Crippen molar-refractivity contribution in [3.05, 3.63) is 75.6 Å². The zero-order chi connectivity index (χ0) is 22.4. The van der Waals surface area contributed by atoms with Crippen LogP contribution in [0.25, 0.3) is 22.1 Å². The number of benzene rings is 2. The molecule has 1 heterocycles. The minimum absolute atomic E-state index is 0.0799. The highest BCUT2D eigenvalue weighted by Crippen LogP contribution is 2.28. The van der Waals surface area contributed by atoms with Crippen molar-refractivity contribution in [1.82, 2.24) is 0 Å². The first kappa shape index (κ1) is 22.3. The fourth-order valence-corrected chi connectivity index (χ4v) is 3.08. The van der Waals surface area contributed by atoms with Gasteiger partial charge in [-0.3, -0.25) is 4.79 Å². The fourth-order valence-electron chi connectivity index (χ4n) is 2.82. The normalized spacial score (nSPS) is 10.5. The van der Waals surface area contributed by atoms with Gasteiger partial charge >= 0.3 is 11.9 Å². The van der Waals surface area contributed by atoms with Gasteiger partial charge < -0.3 is 18.6 Å². The van der Waals surface area contributed by atoms with Crippen molar-refractivity contribution >= 4 is 38.8 Å². The molecule has 31 heavy (non-hydrogen) atoms. The molecule has 1 aromatic heterocycles. The monoisotopic (exact) mass is 486 g/mol. The van der Waals surface area contributed by atoms with E-state index in [1.165, 1.54) is 24.3 Å². The number of ether oxygens (including phenoxy) is 3. The quantitative estimate of drug-likeness (QED) is 0.341. The van der Waals surface area contributed by atoms with Gasteiger partial charge in [0.15, 0.2) is 6.61 Å². The van der Waals surface area contributed by atoms with E-state index in [0.29, 0.717) is 5.56 Å². The Bertz CT molecular complexity index is 1180. The van der Waals surface area contributed by atoms with Crippen LogP contribution >= 0.6 is 15.9 Å². The van der Waals surface area contributed by atoms with Crippen LogP contribution in [0.5, 0.6) is 5.75 Å². The number of fused-ring (bicyclic) bond motifs is 1. The highest BCUT2D eigenvalue weighted by molar-refractivity contribution is 9.10. The Morgan fingerprint density at radius 2 is 1.87 bits per heavy atom. The minimum Gasteiger partial charge on any atom is -0.482 e. The molecule has 8 heteroatoms. The number of rotatable bonds is 8. The van der Waals surface area contributed by atoms with Crippen LogP contribution in [-0.2, 0) is 14.3 Å². The third-order valence-electron chi connectivity index (χ3n) is 4.18. The fraction of sp³-hybridized carbons (Fsp3) is 0.174. The summed E-state index contributed by atoms with van der Waals surface area (Å²) >= 11 is 3.35. The number of hydrogen-bond donors (Lipinski definition) is 0. The van der Waals surface area contributed by atoms with Crippen molar-refractivity contribution in [3.8, 4) is 16.9 Å². The van der Waals surface area contributed by atoms with Crippen LogP contribution in [0.15, 0.2) is 68.8 Å². The lowest BCUT2D eigenvalue weighted by atomic mass is 10.0. The third-order valence-corrected chi connectivity index (χ3v) is 4.71. The maximum Gasteiger partial charge on any atom is 0.375 e. The molecule has 0 radical (unpaired) electrons. The number of hydrogen-bond acceptors (Lipinski definition) is 7. The second-order valence-electron chi connectivity index (χ2n) is 6.28. The van der Waals surface area contributed by atoms with Crippen LogP contribution in [-0.4, -0.2) is 31.8 Å². The Kier molecular flexibility index (Phi) is 7.25. The lowest BCUT2D eigenvalue weighted by molar-refractivity contribution is -0.144. The van der Waals surface area contributed by atoms with E-state index in [9.17, 15) is 14.4 Å². The Morgan fingerprint density at radius 3 is 2.55 bits per heavy atom. The molecule has 7 nitrogen and oxygen atoms in total. The van der Waals surface area contributed by atoms with Crippen molar-refractivity contribution in [2.24, 2.45) is 0 Å². The second-order valence-corrected chi connectivity index (χ2v) is 7.20. The van der Waals surface area contributed by atoms with E-state index in [4.69, 9.17) is 18.6 Å². The van der Waals surface area contributed by atoms with Gasteiger partial charge in [-0.25, -0.2) is 9.59 Å². The van der Waals surface area contributed by atoms with Gasteiger partial charge in [0, 0.05) is 10.5 Å². The molecular formula is C23H19BrO7. The lowest BCUT2D eigenvalue weighted by Gasteiger charge is -2.11. The molecule has 0 aliphatic carbocycles. The van der Waals surface area contributed by atoms with E-state index < -0.39 is 11.9 Å². The third kappa shape index (κ3) is 5.21. The van der Waals surface area contributed by atoms with Crippen LogP contribution < -0.4 is 10.2 Å². The molecule has 2 aromatic carbocycles.